The van der Waals surface area contributed by atoms with Crippen LogP contribution in [0, 0.1) is 0 Å². The fourth-order valence-corrected chi connectivity index (χ4v) is 4.31. The van der Waals surface area contributed by atoms with Crippen molar-refractivity contribution >= 4 is 27.9 Å². The molecular formula is C21H32N4O5S. The van der Waals surface area contributed by atoms with Gasteiger partial charge in [-0.1, -0.05) is 6.07 Å². The fraction of sp³-hybridized carbons (Fsp3) is 0.524. The van der Waals surface area contributed by atoms with Crippen molar-refractivity contribution in [2.75, 3.05) is 60.0 Å². The summed E-state index contributed by atoms with van der Waals surface area (Å²) in [5.41, 5.74) is 0.575. The Kier molecular flexibility index (Phi) is 9.02. The molecule has 1 aromatic carbocycles. The van der Waals surface area contributed by atoms with Crippen LogP contribution in [0.2, 0.25) is 0 Å². The van der Waals surface area contributed by atoms with Gasteiger partial charge in [0.05, 0.1) is 13.7 Å². The van der Waals surface area contributed by atoms with Gasteiger partial charge in [-0.2, -0.15) is 0 Å². The standard InChI is InChI=1S/C21H32N4O5S/c1-5-24(6-2)21(27)16-23-11-13-25(14-12-23)20(26)10-8-17-7-9-18(30-4)19(15-17)31(28,29)22-3/h7-10,15,22H,5-6,11-14,16H2,1-4H3/b10-8+. The van der Waals surface area contributed by atoms with Crippen LogP contribution < -0.4 is 9.46 Å². The Morgan fingerprint density at radius 2 is 1.81 bits per heavy atom. The Bertz CT molecular complexity index is 904. The number of methoxy groups -OCH3 is 1. The Morgan fingerprint density at radius 3 is 2.35 bits per heavy atom. The number of hydrogen-bond acceptors (Lipinski definition) is 6. The van der Waals surface area contributed by atoms with Crippen molar-refractivity contribution in [3.05, 3.63) is 29.8 Å². The third-order valence-electron chi connectivity index (χ3n) is 5.32. The largest absolute Gasteiger partial charge is 0.495 e. The number of hydrogen-bond donors (Lipinski definition) is 1. The second-order valence-corrected chi connectivity index (χ2v) is 8.97. The Balaban J connectivity index is 1.98. The maximum atomic E-state index is 12.6. The monoisotopic (exact) mass is 452 g/mol. The molecule has 1 aliphatic heterocycles. The second kappa shape index (κ2) is 11.3. The molecule has 1 fully saturated rings. The minimum atomic E-state index is -3.69. The molecule has 1 aliphatic rings. The number of sulfonamides is 1. The number of likely N-dealkylation sites (N-methyl/N-ethyl adjacent to an activating group) is 1. The molecule has 0 atom stereocenters. The maximum absolute atomic E-state index is 12.6. The molecule has 0 spiro atoms. The van der Waals surface area contributed by atoms with E-state index in [0.717, 1.165) is 0 Å². The minimum Gasteiger partial charge on any atom is -0.495 e. The van der Waals surface area contributed by atoms with Crippen LogP contribution in [0.1, 0.15) is 19.4 Å². The Morgan fingerprint density at radius 1 is 1.16 bits per heavy atom. The topological polar surface area (TPSA) is 99.3 Å². The first kappa shape index (κ1) is 24.8. The second-order valence-electron chi connectivity index (χ2n) is 7.12. The van der Waals surface area contributed by atoms with Crippen molar-refractivity contribution < 1.29 is 22.7 Å². The van der Waals surface area contributed by atoms with Crippen LogP contribution in [0.5, 0.6) is 5.75 Å². The zero-order chi connectivity index (χ0) is 23.0. The lowest BCUT2D eigenvalue weighted by molar-refractivity contribution is -0.133. The summed E-state index contributed by atoms with van der Waals surface area (Å²) in [6, 6.07) is 4.71. The van der Waals surface area contributed by atoms with E-state index in [9.17, 15) is 18.0 Å². The summed E-state index contributed by atoms with van der Waals surface area (Å²) >= 11 is 0. The number of nitrogens with one attached hydrogen (secondary N) is 1. The highest BCUT2D eigenvalue weighted by molar-refractivity contribution is 7.89. The molecule has 1 heterocycles. The molecule has 0 bridgehead atoms. The third-order valence-corrected chi connectivity index (χ3v) is 6.76. The number of piperazine rings is 1. The normalized spacial score (nSPS) is 15.3. The highest BCUT2D eigenvalue weighted by atomic mass is 32.2. The molecular weight excluding hydrogens is 420 g/mol. The van der Waals surface area contributed by atoms with E-state index in [-0.39, 0.29) is 22.5 Å². The number of carbonyl (C=O) groups is 2. The van der Waals surface area contributed by atoms with Gasteiger partial charge in [-0.3, -0.25) is 14.5 Å². The zero-order valence-electron chi connectivity index (χ0n) is 18.6. The van der Waals surface area contributed by atoms with Crippen LogP contribution in [0.25, 0.3) is 6.08 Å². The lowest BCUT2D eigenvalue weighted by Crippen LogP contribution is -2.51. The van der Waals surface area contributed by atoms with Gasteiger partial charge >= 0.3 is 0 Å². The Labute approximate surface area is 184 Å². The lowest BCUT2D eigenvalue weighted by Gasteiger charge is -2.34. The van der Waals surface area contributed by atoms with Gasteiger partial charge in [0.25, 0.3) is 0 Å². The third kappa shape index (κ3) is 6.52. The SMILES string of the molecule is CCN(CC)C(=O)CN1CCN(C(=O)/C=C/c2ccc(OC)c(S(=O)(=O)NC)c2)CC1. The van der Waals surface area contributed by atoms with Crippen molar-refractivity contribution in [3.8, 4) is 5.75 Å². The summed E-state index contributed by atoms with van der Waals surface area (Å²) in [5, 5.41) is 0. The molecule has 10 heteroatoms. The quantitative estimate of drug-likeness (QED) is 0.552. The van der Waals surface area contributed by atoms with Gasteiger partial charge in [0.15, 0.2) is 0 Å². The summed E-state index contributed by atoms with van der Waals surface area (Å²) in [6.07, 6.45) is 3.03. The molecule has 0 aromatic heterocycles. The van der Waals surface area contributed by atoms with E-state index in [1.807, 2.05) is 13.8 Å². The van der Waals surface area contributed by atoms with Crippen LogP contribution in [-0.2, 0) is 19.6 Å². The summed E-state index contributed by atoms with van der Waals surface area (Å²) in [5.74, 6) is 0.188. The summed E-state index contributed by atoms with van der Waals surface area (Å²) < 4.78 is 31.8. The van der Waals surface area contributed by atoms with Gasteiger partial charge in [0, 0.05) is 45.3 Å². The first-order valence-corrected chi connectivity index (χ1v) is 11.8. The molecule has 2 rings (SSSR count). The maximum Gasteiger partial charge on any atom is 0.246 e. The molecule has 1 aromatic rings. The number of ether oxygens (including phenoxy) is 1. The van der Waals surface area contributed by atoms with Crippen LogP contribution in [0.3, 0.4) is 0 Å². The number of nitrogens with zero attached hydrogens (tertiary/aromatic N) is 3. The molecule has 1 saturated heterocycles. The van der Waals surface area contributed by atoms with Gasteiger partial charge in [-0.15, -0.1) is 0 Å². The average molecular weight is 453 g/mol. The lowest BCUT2D eigenvalue weighted by atomic mass is 10.2. The molecule has 0 saturated carbocycles. The van der Waals surface area contributed by atoms with E-state index in [1.54, 1.807) is 28.0 Å². The number of rotatable bonds is 9. The van der Waals surface area contributed by atoms with Gasteiger partial charge in [0.1, 0.15) is 10.6 Å². The molecule has 0 aliphatic carbocycles. The first-order valence-electron chi connectivity index (χ1n) is 10.3. The van der Waals surface area contributed by atoms with Crippen molar-refractivity contribution in [2.24, 2.45) is 0 Å². The van der Waals surface area contributed by atoms with Crippen molar-refractivity contribution in [1.82, 2.24) is 19.4 Å². The molecule has 0 unspecified atom stereocenters. The van der Waals surface area contributed by atoms with E-state index in [0.29, 0.717) is 51.4 Å². The molecule has 2 amide bonds. The molecule has 9 nitrogen and oxygen atoms in total. The van der Waals surface area contributed by atoms with Gasteiger partial charge in [-0.05, 0) is 44.7 Å². The van der Waals surface area contributed by atoms with E-state index in [1.165, 1.54) is 26.3 Å². The number of carbonyl (C=O) groups excluding carboxylic acids is 2. The van der Waals surface area contributed by atoms with Crippen molar-refractivity contribution in [1.29, 1.82) is 0 Å². The van der Waals surface area contributed by atoms with Crippen molar-refractivity contribution in [3.63, 3.8) is 0 Å². The van der Waals surface area contributed by atoms with Gasteiger partial charge in [0.2, 0.25) is 21.8 Å². The van der Waals surface area contributed by atoms with E-state index >= 15 is 0 Å². The molecule has 1 N–H and O–H groups in total. The smallest absolute Gasteiger partial charge is 0.246 e. The van der Waals surface area contributed by atoms with E-state index < -0.39 is 10.0 Å². The molecule has 172 valence electrons. The predicted molar refractivity (Wildman–Crippen MR) is 119 cm³/mol. The van der Waals surface area contributed by atoms with Crippen molar-refractivity contribution in [2.45, 2.75) is 18.7 Å². The minimum absolute atomic E-state index is 0.0126. The summed E-state index contributed by atoms with van der Waals surface area (Å²) in [7, 11) is -0.959. The Hall–Kier alpha value is -2.43. The number of benzene rings is 1. The van der Waals surface area contributed by atoms with Crippen LogP contribution in [0.15, 0.2) is 29.2 Å². The van der Waals surface area contributed by atoms with Crippen LogP contribution >= 0.6 is 0 Å². The van der Waals surface area contributed by atoms with Crippen LogP contribution in [-0.4, -0.2) is 94.9 Å². The summed E-state index contributed by atoms with van der Waals surface area (Å²) in [4.78, 5) is 30.4. The molecule has 31 heavy (non-hydrogen) atoms. The summed E-state index contributed by atoms with van der Waals surface area (Å²) in [6.45, 7) is 8.04. The average Bonchev–Trinajstić information content (AvgIpc) is 2.78. The molecule has 0 radical (unpaired) electrons. The number of amides is 2. The van der Waals surface area contributed by atoms with E-state index in [2.05, 4.69) is 9.62 Å². The first-order chi connectivity index (χ1) is 14.7. The van der Waals surface area contributed by atoms with Gasteiger partial charge in [-0.25, -0.2) is 13.1 Å². The van der Waals surface area contributed by atoms with Crippen LogP contribution in [0.4, 0.5) is 0 Å². The van der Waals surface area contributed by atoms with E-state index in [4.69, 9.17) is 4.74 Å². The predicted octanol–water partition coefficient (Wildman–Crippen LogP) is 0.629. The fourth-order valence-electron chi connectivity index (χ4n) is 3.38. The van der Waals surface area contributed by atoms with Gasteiger partial charge < -0.3 is 14.5 Å². The zero-order valence-corrected chi connectivity index (χ0v) is 19.4. The highest BCUT2D eigenvalue weighted by Crippen LogP contribution is 2.25. The highest BCUT2D eigenvalue weighted by Gasteiger charge is 2.23.